The monoisotopic (exact) mass is 286 g/mol. The average molecular weight is 286 g/mol. The van der Waals surface area contributed by atoms with Crippen molar-refractivity contribution in [2.75, 3.05) is 0 Å². The fraction of sp³-hybridized carbons (Fsp3) is 0.583. The van der Waals surface area contributed by atoms with Gasteiger partial charge in [-0.15, -0.1) is 0 Å². The molecule has 0 atom stereocenters. The summed E-state index contributed by atoms with van der Waals surface area (Å²) in [7, 11) is -3.38. The quantitative estimate of drug-likeness (QED) is 0.780. The smallest absolute Gasteiger partial charge is 0.242 e. The van der Waals surface area contributed by atoms with E-state index < -0.39 is 16.6 Å². The Morgan fingerprint density at radius 3 is 2.17 bits per heavy atom. The fourth-order valence-electron chi connectivity index (χ4n) is 1.21. The molecular weight excluding hydrogens is 264 g/mol. The first-order valence-corrected chi connectivity index (χ1v) is 12.8. The van der Waals surface area contributed by atoms with E-state index in [1.807, 2.05) is 19.6 Å². The average Bonchev–Trinajstić information content (AvgIpc) is 2.15. The largest absolute Gasteiger partial charge is 0.540 e. The van der Waals surface area contributed by atoms with Crippen LogP contribution in [0.2, 0.25) is 39.3 Å². The molecule has 0 aromatic carbocycles. The molecule has 0 saturated heterocycles. The Hall–Kier alpha value is -0.856. The summed E-state index contributed by atoms with van der Waals surface area (Å²) in [5, 5.41) is 0. The van der Waals surface area contributed by atoms with E-state index in [0.717, 1.165) is 0 Å². The third kappa shape index (κ3) is 5.66. The van der Waals surface area contributed by atoms with E-state index in [1.54, 1.807) is 0 Å². The zero-order valence-electron chi connectivity index (χ0n) is 12.0. The maximum absolute atomic E-state index is 11.8. The lowest BCUT2D eigenvalue weighted by atomic mass is 10.4. The summed E-state index contributed by atoms with van der Waals surface area (Å²) < 4.78 is 16.7. The van der Waals surface area contributed by atoms with Crippen molar-refractivity contribution >= 4 is 16.6 Å². The normalized spacial score (nSPS) is 12.6. The molecule has 0 saturated carbocycles. The second-order valence-electron chi connectivity index (χ2n) is 6.19. The van der Waals surface area contributed by atoms with Gasteiger partial charge in [0.25, 0.3) is 0 Å². The Morgan fingerprint density at radius 2 is 1.72 bits per heavy atom. The molecule has 1 heterocycles. The van der Waals surface area contributed by atoms with Crippen LogP contribution < -0.4 is 9.85 Å². The second kappa shape index (κ2) is 5.42. The Labute approximate surface area is 110 Å². The van der Waals surface area contributed by atoms with Crippen LogP contribution in [-0.4, -0.2) is 16.6 Å². The van der Waals surface area contributed by atoms with E-state index in [1.165, 1.54) is 12.3 Å². The Bertz CT molecular complexity index is 454. The van der Waals surface area contributed by atoms with Gasteiger partial charge in [0.15, 0.2) is 14.1 Å². The molecule has 102 valence electrons. The minimum atomic E-state index is -1.78. The first kappa shape index (κ1) is 15.2. The maximum atomic E-state index is 11.8. The fourth-order valence-corrected chi connectivity index (χ4v) is 2.59. The molecule has 0 aliphatic carbocycles. The molecule has 0 radical (unpaired) electrons. The third-order valence-corrected chi connectivity index (χ3v) is 3.76. The molecule has 0 unspecified atom stereocenters. The van der Waals surface area contributed by atoms with Crippen LogP contribution in [0.3, 0.4) is 0 Å². The molecular formula is C12H22O4Si2. The molecule has 1 aromatic heterocycles. The van der Waals surface area contributed by atoms with Crippen molar-refractivity contribution in [3.63, 3.8) is 0 Å². The van der Waals surface area contributed by atoms with Crippen LogP contribution >= 0.6 is 0 Å². The molecule has 0 N–H and O–H groups in total. The van der Waals surface area contributed by atoms with E-state index in [9.17, 15) is 4.79 Å². The van der Waals surface area contributed by atoms with Gasteiger partial charge in [-0.25, -0.2) is 0 Å². The minimum Gasteiger partial charge on any atom is -0.540 e. The number of hydrogen-bond acceptors (Lipinski definition) is 4. The van der Waals surface area contributed by atoms with Gasteiger partial charge in [0.05, 0.1) is 6.61 Å². The Morgan fingerprint density at radius 1 is 1.11 bits per heavy atom. The molecule has 0 fully saturated rings. The highest BCUT2D eigenvalue weighted by atomic mass is 28.4. The van der Waals surface area contributed by atoms with Gasteiger partial charge >= 0.3 is 0 Å². The predicted molar refractivity (Wildman–Crippen MR) is 77.1 cm³/mol. The van der Waals surface area contributed by atoms with Crippen molar-refractivity contribution in [1.29, 1.82) is 0 Å². The highest BCUT2D eigenvalue weighted by Gasteiger charge is 2.19. The lowest BCUT2D eigenvalue weighted by Gasteiger charge is -2.19. The SMILES string of the molecule is C[Si](C)(C)OCc1cc(=O)c(O[Si](C)(C)C)co1. The summed E-state index contributed by atoms with van der Waals surface area (Å²) in [4.78, 5) is 11.8. The van der Waals surface area contributed by atoms with Crippen molar-refractivity contribution in [3.8, 4) is 5.75 Å². The third-order valence-electron chi connectivity index (χ3n) is 1.92. The number of hydrogen-bond donors (Lipinski definition) is 0. The van der Waals surface area contributed by atoms with Crippen LogP contribution in [0, 0.1) is 0 Å². The molecule has 1 rings (SSSR count). The summed E-state index contributed by atoms with van der Waals surface area (Å²) in [5.74, 6) is 0.844. The standard InChI is InChI=1S/C12H22O4Si2/c1-17(2,3)15-8-10-7-11(13)12(9-14-10)16-18(4,5)6/h7,9H,8H2,1-6H3. The zero-order chi connectivity index (χ0) is 14.0. The summed E-state index contributed by atoms with van der Waals surface area (Å²) >= 11 is 0. The van der Waals surface area contributed by atoms with Crippen molar-refractivity contribution in [2.24, 2.45) is 0 Å². The molecule has 4 nitrogen and oxygen atoms in total. The Balaban J connectivity index is 2.77. The van der Waals surface area contributed by atoms with Crippen LogP contribution in [0.5, 0.6) is 5.75 Å². The van der Waals surface area contributed by atoms with Crippen LogP contribution in [0.1, 0.15) is 5.76 Å². The maximum Gasteiger partial charge on any atom is 0.242 e. The van der Waals surface area contributed by atoms with Crippen molar-refractivity contribution in [2.45, 2.75) is 45.9 Å². The number of rotatable bonds is 5. The van der Waals surface area contributed by atoms with Gasteiger partial charge in [-0.2, -0.15) is 0 Å². The van der Waals surface area contributed by atoms with Gasteiger partial charge in [0.1, 0.15) is 12.0 Å². The first-order chi connectivity index (χ1) is 8.07. The molecule has 18 heavy (non-hydrogen) atoms. The molecule has 0 spiro atoms. The highest BCUT2D eigenvalue weighted by Crippen LogP contribution is 2.14. The van der Waals surface area contributed by atoms with E-state index in [-0.39, 0.29) is 5.43 Å². The highest BCUT2D eigenvalue weighted by molar-refractivity contribution is 6.70. The van der Waals surface area contributed by atoms with Gasteiger partial charge in [-0.1, -0.05) is 0 Å². The van der Waals surface area contributed by atoms with E-state index in [2.05, 4.69) is 19.6 Å². The van der Waals surface area contributed by atoms with Gasteiger partial charge in [0.2, 0.25) is 13.7 Å². The topological polar surface area (TPSA) is 48.7 Å². The van der Waals surface area contributed by atoms with Crippen LogP contribution in [0.15, 0.2) is 21.5 Å². The van der Waals surface area contributed by atoms with Gasteiger partial charge in [-0.05, 0) is 39.3 Å². The minimum absolute atomic E-state index is 0.141. The summed E-state index contributed by atoms with van der Waals surface area (Å²) in [6, 6.07) is 1.45. The molecule has 0 aliphatic rings. The van der Waals surface area contributed by atoms with Gasteiger partial charge < -0.3 is 13.3 Å². The van der Waals surface area contributed by atoms with Crippen molar-refractivity contribution in [3.05, 3.63) is 28.3 Å². The van der Waals surface area contributed by atoms with Crippen molar-refractivity contribution in [1.82, 2.24) is 0 Å². The lowest BCUT2D eigenvalue weighted by molar-refractivity contribution is 0.258. The lowest BCUT2D eigenvalue weighted by Crippen LogP contribution is -2.31. The van der Waals surface area contributed by atoms with E-state index in [4.69, 9.17) is 13.3 Å². The van der Waals surface area contributed by atoms with Crippen LogP contribution in [0.4, 0.5) is 0 Å². The summed E-state index contributed by atoms with van der Waals surface area (Å²) in [6.07, 6.45) is 1.39. The summed E-state index contributed by atoms with van der Waals surface area (Å²) in [6.45, 7) is 12.7. The van der Waals surface area contributed by atoms with Gasteiger partial charge in [-0.3, -0.25) is 4.79 Å². The molecule has 0 amide bonds. The molecule has 6 heteroatoms. The predicted octanol–water partition coefficient (Wildman–Crippen LogP) is 3.21. The van der Waals surface area contributed by atoms with Crippen LogP contribution in [-0.2, 0) is 11.0 Å². The van der Waals surface area contributed by atoms with Crippen LogP contribution in [0.25, 0.3) is 0 Å². The Kier molecular flexibility index (Phi) is 4.57. The molecule has 1 aromatic rings. The molecule has 0 bridgehead atoms. The zero-order valence-corrected chi connectivity index (χ0v) is 14.0. The van der Waals surface area contributed by atoms with E-state index in [0.29, 0.717) is 18.1 Å². The molecule has 0 aliphatic heterocycles. The second-order valence-corrected chi connectivity index (χ2v) is 15.1. The summed E-state index contributed by atoms with van der Waals surface area (Å²) in [5.41, 5.74) is -0.141. The van der Waals surface area contributed by atoms with E-state index >= 15 is 0 Å². The van der Waals surface area contributed by atoms with Crippen molar-refractivity contribution < 1.29 is 13.3 Å². The first-order valence-electron chi connectivity index (χ1n) is 6.01. The van der Waals surface area contributed by atoms with Gasteiger partial charge in [0, 0.05) is 6.07 Å².